The lowest BCUT2D eigenvalue weighted by atomic mass is 9.79. The molecule has 1 saturated heterocycles. The minimum Gasteiger partial charge on any atom is -0.313 e. The first kappa shape index (κ1) is 16.5. The predicted octanol–water partition coefficient (Wildman–Crippen LogP) is 4.09. The van der Waals surface area contributed by atoms with Gasteiger partial charge in [-0.25, -0.2) is 0 Å². The van der Waals surface area contributed by atoms with Crippen molar-refractivity contribution in [3.63, 3.8) is 0 Å². The van der Waals surface area contributed by atoms with Crippen LogP contribution in [-0.2, 0) is 0 Å². The third-order valence-electron chi connectivity index (χ3n) is 5.09. The SMILES string of the molecule is CNC(c1ccccc1)C(C)(C)CN1CCC(C)CC1C. The monoisotopic (exact) mass is 288 g/mol. The largest absolute Gasteiger partial charge is 0.313 e. The quantitative estimate of drug-likeness (QED) is 0.878. The van der Waals surface area contributed by atoms with Crippen LogP contribution in [0.15, 0.2) is 30.3 Å². The Bertz CT molecular complexity index is 426. The van der Waals surface area contributed by atoms with Gasteiger partial charge in [-0.15, -0.1) is 0 Å². The molecule has 3 atom stereocenters. The number of hydrogen-bond donors (Lipinski definition) is 1. The molecule has 0 aromatic heterocycles. The van der Waals surface area contributed by atoms with Gasteiger partial charge in [0.2, 0.25) is 0 Å². The van der Waals surface area contributed by atoms with Crippen LogP contribution in [0.25, 0.3) is 0 Å². The Balaban J connectivity index is 2.09. The summed E-state index contributed by atoms with van der Waals surface area (Å²) < 4.78 is 0. The average Bonchev–Trinajstić information content (AvgIpc) is 2.43. The summed E-state index contributed by atoms with van der Waals surface area (Å²) in [7, 11) is 2.08. The second-order valence-corrected chi connectivity index (χ2v) is 7.57. The van der Waals surface area contributed by atoms with Crippen molar-refractivity contribution in [3.05, 3.63) is 35.9 Å². The van der Waals surface area contributed by atoms with Crippen LogP contribution in [0.5, 0.6) is 0 Å². The number of benzene rings is 1. The molecule has 1 aromatic rings. The molecular formula is C19H32N2. The van der Waals surface area contributed by atoms with Gasteiger partial charge >= 0.3 is 0 Å². The zero-order valence-corrected chi connectivity index (χ0v) is 14.4. The molecule has 118 valence electrons. The van der Waals surface area contributed by atoms with Gasteiger partial charge in [0.25, 0.3) is 0 Å². The van der Waals surface area contributed by atoms with Crippen molar-refractivity contribution in [2.75, 3.05) is 20.1 Å². The summed E-state index contributed by atoms with van der Waals surface area (Å²) in [5.41, 5.74) is 1.60. The maximum Gasteiger partial charge on any atom is 0.0381 e. The summed E-state index contributed by atoms with van der Waals surface area (Å²) in [4.78, 5) is 2.69. The zero-order chi connectivity index (χ0) is 15.5. The Labute approximate surface area is 130 Å². The maximum absolute atomic E-state index is 3.55. The molecule has 3 unspecified atom stereocenters. The summed E-state index contributed by atoms with van der Waals surface area (Å²) in [6, 6.07) is 12.0. The number of likely N-dealkylation sites (tertiary alicyclic amines) is 1. The van der Waals surface area contributed by atoms with Gasteiger partial charge in [-0.3, -0.25) is 0 Å². The molecule has 0 bridgehead atoms. The van der Waals surface area contributed by atoms with Gasteiger partial charge < -0.3 is 10.2 Å². The highest BCUT2D eigenvalue weighted by molar-refractivity contribution is 5.21. The number of nitrogens with zero attached hydrogens (tertiary/aromatic N) is 1. The van der Waals surface area contributed by atoms with E-state index in [9.17, 15) is 0 Å². The molecule has 1 fully saturated rings. The van der Waals surface area contributed by atoms with Gasteiger partial charge in [-0.1, -0.05) is 51.1 Å². The molecule has 2 nitrogen and oxygen atoms in total. The van der Waals surface area contributed by atoms with E-state index in [0.29, 0.717) is 12.1 Å². The average molecular weight is 288 g/mol. The van der Waals surface area contributed by atoms with E-state index in [1.54, 1.807) is 0 Å². The van der Waals surface area contributed by atoms with Crippen molar-refractivity contribution in [1.82, 2.24) is 10.2 Å². The predicted molar refractivity (Wildman–Crippen MR) is 91.5 cm³/mol. The van der Waals surface area contributed by atoms with Crippen LogP contribution in [0.4, 0.5) is 0 Å². The fraction of sp³-hybridized carbons (Fsp3) is 0.684. The number of nitrogens with one attached hydrogen (secondary N) is 1. The smallest absolute Gasteiger partial charge is 0.0381 e. The summed E-state index contributed by atoms with van der Waals surface area (Å²) >= 11 is 0. The summed E-state index contributed by atoms with van der Waals surface area (Å²) in [5, 5.41) is 3.55. The zero-order valence-electron chi connectivity index (χ0n) is 14.4. The number of hydrogen-bond acceptors (Lipinski definition) is 2. The summed E-state index contributed by atoms with van der Waals surface area (Å²) in [5.74, 6) is 0.883. The van der Waals surface area contributed by atoms with E-state index in [-0.39, 0.29) is 5.41 Å². The Morgan fingerprint density at radius 3 is 2.48 bits per heavy atom. The number of rotatable bonds is 5. The van der Waals surface area contributed by atoms with Crippen molar-refractivity contribution in [2.45, 2.75) is 52.6 Å². The van der Waals surface area contributed by atoms with Crippen LogP contribution >= 0.6 is 0 Å². The van der Waals surface area contributed by atoms with Gasteiger partial charge in [0.1, 0.15) is 0 Å². The first-order chi connectivity index (χ1) is 9.94. The molecule has 21 heavy (non-hydrogen) atoms. The van der Waals surface area contributed by atoms with Crippen LogP contribution in [0.3, 0.4) is 0 Å². The highest BCUT2D eigenvalue weighted by Crippen LogP contribution is 2.36. The van der Waals surface area contributed by atoms with E-state index in [1.807, 2.05) is 0 Å². The molecule has 1 aliphatic heterocycles. The van der Waals surface area contributed by atoms with Crippen LogP contribution in [0, 0.1) is 11.3 Å². The topological polar surface area (TPSA) is 15.3 Å². The van der Waals surface area contributed by atoms with Gasteiger partial charge in [0.15, 0.2) is 0 Å². The lowest BCUT2D eigenvalue weighted by Gasteiger charge is -2.44. The minimum absolute atomic E-state index is 0.213. The second kappa shape index (κ2) is 6.93. The fourth-order valence-electron chi connectivity index (χ4n) is 3.96. The molecule has 1 heterocycles. The van der Waals surface area contributed by atoms with Gasteiger partial charge in [-0.2, -0.15) is 0 Å². The Morgan fingerprint density at radius 2 is 1.90 bits per heavy atom. The van der Waals surface area contributed by atoms with Crippen LogP contribution in [0.2, 0.25) is 0 Å². The minimum atomic E-state index is 0.213. The first-order valence-electron chi connectivity index (χ1n) is 8.40. The van der Waals surface area contributed by atoms with Crippen molar-refractivity contribution in [2.24, 2.45) is 11.3 Å². The summed E-state index contributed by atoms with van der Waals surface area (Å²) in [6.07, 6.45) is 2.68. The molecule has 1 aliphatic rings. The lowest BCUT2D eigenvalue weighted by molar-refractivity contribution is 0.0677. The van der Waals surface area contributed by atoms with Gasteiger partial charge in [0, 0.05) is 18.6 Å². The van der Waals surface area contributed by atoms with Crippen molar-refractivity contribution < 1.29 is 0 Å². The third-order valence-corrected chi connectivity index (χ3v) is 5.09. The standard InChI is InChI=1S/C19H32N2/c1-15-11-12-21(16(2)13-15)14-19(3,4)18(20-5)17-9-7-6-8-10-17/h6-10,15-16,18,20H,11-14H2,1-5H3. The van der Waals surface area contributed by atoms with Crippen LogP contribution in [0.1, 0.15) is 52.1 Å². The van der Waals surface area contributed by atoms with Crippen molar-refractivity contribution >= 4 is 0 Å². The molecule has 0 radical (unpaired) electrons. The van der Waals surface area contributed by atoms with E-state index in [0.717, 1.165) is 12.5 Å². The summed E-state index contributed by atoms with van der Waals surface area (Å²) in [6.45, 7) is 12.0. The second-order valence-electron chi connectivity index (χ2n) is 7.57. The van der Waals surface area contributed by atoms with E-state index in [2.05, 4.69) is 75.3 Å². The van der Waals surface area contributed by atoms with Crippen molar-refractivity contribution in [3.8, 4) is 0 Å². The highest BCUT2D eigenvalue weighted by atomic mass is 15.2. The maximum atomic E-state index is 3.55. The van der Waals surface area contributed by atoms with E-state index in [4.69, 9.17) is 0 Å². The van der Waals surface area contributed by atoms with E-state index >= 15 is 0 Å². The molecule has 0 saturated carbocycles. The van der Waals surface area contributed by atoms with Crippen LogP contribution in [-0.4, -0.2) is 31.1 Å². The molecule has 0 aliphatic carbocycles. The molecule has 0 amide bonds. The van der Waals surface area contributed by atoms with Crippen molar-refractivity contribution in [1.29, 1.82) is 0 Å². The first-order valence-corrected chi connectivity index (χ1v) is 8.40. The van der Waals surface area contributed by atoms with E-state index in [1.165, 1.54) is 24.9 Å². The number of piperidine rings is 1. The molecular weight excluding hydrogens is 256 g/mol. The Kier molecular flexibility index (Phi) is 5.45. The highest BCUT2D eigenvalue weighted by Gasteiger charge is 2.34. The molecule has 1 N–H and O–H groups in total. The molecule has 2 rings (SSSR count). The van der Waals surface area contributed by atoms with E-state index < -0.39 is 0 Å². The molecule has 0 spiro atoms. The normalized spacial score (nSPS) is 25.8. The Hall–Kier alpha value is -0.860. The van der Waals surface area contributed by atoms with Gasteiger partial charge in [0.05, 0.1) is 0 Å². The Morgan fingerprint density at radius 1 is 1.24 bits per heavy atom. The van der Waals surface area contributed by atoms with Crippen LogP contribution < -0.4 is 5.32 Å². The molecule has 1 aromatic carbocycles. The fourth-order valence-corrected chi connectivity index (χ4v) is 3.96. The van der Waals surface area contributed by atoms with Gasteiger partial charge in [-0.05, 0) is 50.3 Å². The lowest BCUT2D eigenvalue weighted by Crippen LogP contribution is -2.48. The molecule has 2 heteroatoms. The third kappa shape index (κ3) is 4.08.